The van der Waals surface area contributed by atoms with E-state index in [9.17, 15) is 9.50 Å². The number of nitrogens with zero attached hydrogens (tertiary/aromatic N) is 2. The summed E-state index contributed by atoms with van der Waals surface area (Å²) in [6, 6.07) is 10.7. The zero-order chi connectivity index (χ0) is 17.2. The molecule has 0 amide bonds. The van der Waals surface area contributed by atoms with E-state index < -0.39 is 0 Å². The van der Waals surface area contributed by atoms with E-state index in [1.807, 2.05) is 24.3 Å². The van der Waals surface area contributed by atoms with Crippen molar-refractivity contribution in [1.29, 1.82) is 0 Å². The molecule has 0 saturated carbocycles. The first-order chi connectivity index (χ1) is 11.5. The Hall–Kier alpha value is -2.04. The van der Waals surface area contributed by atoms with Crippen molar-refractivity contribution in [3.05, 3.63) is 65.7 Å². The van der Waals surface area contributed by atoms with Crippen LogP contribution in [0.4, 0.5) is 4.39 Å². The fraction of sp³-hybridized carbons (Fsp3) is 0.350. The van der Waals surface area contributed by atoms with E-state index in [2.05, 4.69) is 23.7 Å². The summed E-state index contributed by atoms with van der Waals surface area (Å²) in [5, 5.41) is 9.56. The van der Waals surface area contributed by atoms with Gasteiger partial charge in [-0.3, -0.25) is 9.88 Å². The van der Waals surface area contributed by atoms with Crippen LogP contribution in [0.3, 0.4) is 0 Å². The highest BCUT2D eigenvalue weighted by Crippen LogP contribution is 2.34. The summed E-state index contributed by atoms with van der Waals surface area (Å²) in [7, 11) is 0. The van der Waals surface area contributed by atoms with E-state index in [0.717, 1.165) is 30.8 Å². The van der Waals surface area contributed by atoms with Gasteiger partial charge < -0.3 is 5.11 Å². The summed E-state index contributed by atoms with van der Waals surface area (Å²) in [5.74, 6) is -0.221. The van der Waals surface area contributed by atoms with Gasteiger partial charge >= 0.3 is 0 Å². The Morgan fingerprint density at radius 3 is 2.08 bits per heavy atom. The molecule has 2 aromatic rings. The van der Waals surface area contributed by atoms with E-state index in [-0.39, 0.29) is 17.8 Å². The molecule has 2 heterocycles. The molecule has 1 aliphatic rings. The molecule has 24 heavy (non-hydrogen) atoms. The summed E-state index contributed by atoms with van der Waals surface area (Å²) < 4.78 is 13.3. The normalized spacial score (nSPS) is 16.0. The molecular formula is C20H23FN2O. The van der Waals surface area contributed by atoms with E-state index in [0.29, 0.717) is 0 Å². The number of aliphatic hydroxyl groups is 1. The predicted octanol–water partition coefficient (Wildman–Crippen LogP) is 3.47. The Bertz CT molecular complexity index is 723. The van der Waals surface area contributed by atoms with Crippen LogP contribution in [0.15, 0.2) is 48.8 Å². The molecule has 1 N–H and O–H groups in total. The van der Waals surface area contributed by atoms with Gasteiger partial charge in [-0.25, -0.2) is 4.39 Å². The number of hydrogen-bond donors (Lipinski definition) is 1. The maximum atomic E-state index is 13.3. The minimum absolute atomic E-state index is 0.151. The minimum atomic E-state index is -0.221. The van der Waals surface area contributed by atoms with Gasteiger partial charge in [-0.05, 0) is 46.5 Å². The third kappa shape index (κ3) is 3.71. The molecule has 0 atom stereocenters. The summed E-state index contributed by atoms with van der Waals surface area (Å²) >= 11 is 0. The molecule has 4 heteroatoms. The van der Waals surface area contributed by atoms with Gasteiger partial charge in [-0.1, -0.05) is 26.0 Å². The fourth-order valence-corrected chi connectivity index (χ4v) is 3.20. The Labute approximate surface area is 142 Å². The zero-order valence-electron chi connectivity index (χ0n) is 14.2. The van der Waals surface area contributed by atoms with Crippen LogP contribution in [0.2, 0.25) is 0 Å². The summed E-state index contributed by atoms with van der Waals surface area (Å²) in [6.07, 6.45) is 3.59. The maximum absolute atomic E-state index is 13.3. The Morgan fingerprint density at radius 1 is 1.00 bits per heavy atom. The van der Waals surface area contributed by atoms with Crippen LogP contribution in [-0.2, 0) is 0 Å². The van der Waals surface area contributed by atoms with Gasteiger partial charge in [0.1, 0.15) is 5.82 Å². The first-order valence-corrected chi connectivity index (χ1v) is 8.20. The van der Waals surface area contributed by atoms with E-state index >= 15 is 0 Å². The minimum Gasteiger partial charge on any atom is -0.396 e. The first-order valence-electron chi connectivity index (χ1n) is 8.20. The Kier molecular flexibility index (Phi) is 4.78. The zero-order valence-corrected chi connectivity index (χ0v) is 14.2. The molecule has 1 aromatic heterocycles. The second-order valence-electron chi connectivity index (χ2n) is 7.17. The molecule has 126 valence electrons. The Morgan fingerprint density at radius 2 is 1.54 bits per heavy atom. The van der Waals surface area contributed by atoms with Gasteiger partial charge in [0.25, 0.3) is 0 Å². The van der Waals surface area contributed by atoms with Crippen molar-refractivity contribution in [2.75, 3.05) is 26.2 Å². The standard InChI is InChI=1S/C20H23FN2O/c1-20(2,14-24)13-23-11-18(15-3-5-17(21)6-4-15)19(12-23)16-7-9-22-10-8-16/h3-10,24H,11-14H2,1-2H3. The summed E-state index contributed by atoms with van der Waals surface area (Å²) in [5.41, 5.74) is 4.51. The molecule has 0 saturated heterocycles. The van der Waals surface area contributed by atoms with E-state index in [1.54, 1.807) is 12.4 Å². The lowest BCUT2D eigenvalue weighted by Gasteiger charge is -2.28. The predicted molar refractivity (Wildman–Crippen MR) is 94.8 cm³/mol. The third-order valence-electron chi connectivity index (χ3n) is 4.43. The van der Waals surface area contributed by atoms with Gasteiger partial charge in [0, 0.05) is 44.0 Å². The highest BCUT2D eigenvalue weighted by molar-refractivity contribution is 5.94. The molecule has 1 aromatic carbocycles. The van der Waals surface area contributed by atoms with E-state index in [4.69, 9.17) is 0 Å². The molecule has 3 rings (SSSR count). The van der Waals surface area contributed by atoms with E-state index in [1.165, 1.54) is 23.3 Å². The fourth-order valence-electron chi connectivity index (χ4n) is 3.20. The van der Waals surface area contributed by atoms with Gasteiger partial charge in [0.2, 0.25) is 0 Å². The van der Waals surface area contributed by atoms with Crippen molar-refractivity contribution < 1.29 is 9.50 Å². The van der Waals surface area contributed by atoms with Crippen LogP contribution in [-0.4, -0.2) is 41.2 Å². The largest absolute Gasteiger partial charge is 0.396 e. The van der Waals surface area contributed by atoms with Gasteiger partial charge in [-0.15, -0.1) is 0 Å². The van der Waals surface area contributed by atoms with Gasteiger partial charge in [-0.2, -0.15) is 0 Å². The van der Waals surface area contributed by atoms with Crippen LogP contribution < -0.4 is 0 Å². The number of rotatable bonds is 5. The van der Waals surface area contributed by atoms with Crippen molar-refractivity contribution in [3.8, 4) is 0 Å². The average molecular weight is 326 g/mol. The number of aromatic nitrogens is 1. The highest BCUT2D eigenvalue weighted by atomic mass is 19.1. The second kappa shape index (κ2) is 6.83. The quantitative estimate of drug-likeness (QED) is 0.914. The molecule has 0 radical (unpaired) electrons. The third-order valence-corrected chi connectivity index (χ3v) is 4.43. The van der Waals surface area contributed by atoms with Crippen LogP contribution in [0, 0.1) is 11.2 Å². The lowest BCUT2D eigenvalue weighted by atomic mass is 9.94. The highest BCUT2D eigenvalue weighted by Gasteiger charge is 2.28. The molecule has 0 unspecified atom stereocenters. The van der Waals surface area contributed by atoms with Crippen LogP contribution in [0.5, 0.6) is 0 Å². The van der Waals surface area contributed by atoms with Crippen LogP contribution in [0.25, 0.3) is 11.1 Å². The molecule has 0 bridgehead atoms. The van der Waals surface area contributed by atoms with Crippen molar-refractivity contribution >= 4 is 11.1 Å². The van der Waals surface area contributed by atoms with Crippen molar-refractivity contribution in [3.63, 3.8) is 0 Å². The number of hydrogen-bond acceptors (Lipinski definition) is 3. The lowest BCUT2D eigenvalue weighted by molar-refractivity contribution is 0.118. The maximum Gasteiger partial charge on any atom is 0.123 e. The van der Waals surface area contributed by atoms with Crippen LogP contribution in [0.1, 0.15) is 25.0 Å². The number of halogens is 1. The van der Waals surface area contributed by atoms with Crippen LogP contribution >= 0.6 is 0 Å². The summed E-state index contributed by atoms with van der Waals surface area (Å²) in [4.78, 5) is 6.44. The number of benzene rings is 1. The number of aliphatic hydroxyl groups excluding tert-OH is 1. The lowest BCUT2D eigenvalue weighted by Crippen LogP contribution is -2.35. The molecule has 1 aliphatic heterocycles. The first kappa shape index (κ1) is 16.8. The molecule has 0 aliphatic carbocycles. The van der Waals surface area contributed by atoms with Gasteiger partial charge in [0.15, 0.2) is 0 Å². The Balaban J connectivity index is 1.94. The molecular weight excluding hydrogens is 303 g/mol. The molecule has 0 fully saturated rings. The SMILES string of the molecule is CC(C)(CO)CN1CC(c2ccncc2)=C(c2ccc(F)cc2)C1. The monoisotopic (exact) mass is 326 g/mol. The smallest absolute Gasteiger partial charge is 0.123 e. The van der Waals surface area contributed by atoms with Crippen molar-refractivity contribution in [1.82, 2.24) is 9.88 Å². The van der Waals surface area contributed by atoms with Crippen molar-refractivity contribution in [2.24, 2.45) is 5.41 Å². The molecule has 0 spiro atoms. The topological polar surface area (TPSA) is 36.4 Å². The van der Waals surface area contributed by atoms with Gasteiger partial charge in [0.05, 0.1) is 0 Å². The average Bonchev–Trinajstić information content (AvgIpc) is 2.99. The summed E-state index contributed by atoms with van der Waals surface area (Å²) in [6.45, 7) is 6.71. The second-order valence-corrected chi connectivity index (χ2v) is 7.17. The van der Waals surface area contributed by atoms with Crippen molar-refractivity contribution in [2.45, 2.75) is 13.8 Å². The number of pyridine rings is 1. The molecule has 3 nitrogen and oxygen atoms in total.